The summed E-state index contributed by atoms with van der Waals surface area (Å²) in [5.74, 6) is 1.08. The van der Waals surface area contributed by atoms with E-state index in [1.165, 1.54) is 6.07 Å². The first-order valence-electron chi connectivity index (χ1n) is 8.15. The van der Waals surface area contributed by atoms with Gasteiger partial charge in [-0.3, -0.25) is 9.59 Å². The van der Waals surface area contributed by atoms with Gasteiger partial charge in [0.15, 0.2) is 0 Å². The summed E-state index contributed by atoms with van der Waals surface area (Å²) in [5, 5.41) is 2.77. The van der Waals surface area contributed by atoms with Gasteiger partial charge in [0.05, 0.1) is 19.3 Å². The highest BCUT2D eigenvalue weighted by atomic mass is 16.5. The molecule has 0 bridgehead atoms. The first-order valence-corrected chi connectivity index (χ1v) is 8.15. The van der Waals surface area contributed by atoms with Gasteiger partial charge >= 0.3 is 0 Å². The second-order valence-corrected chi connectivity index (χ2v) is 5.81. The molecule has 0 saturated carbocycles. The first-order chi connectivity index (χ1) is 12.5. The Labute approximate surface area is 150 Å². The maximum atomic E-state index is 12.3. The van der Waals surface area contributed by atoms with Crippen molar-refractivity contribution in [2.45, 2.75) is 13.5 Å². The zero-order valence-corrected chi connectivity index (χ0v) is 14.6. The lowest BCUT2D eigenvalue weighted by Gasteiger charge is -2.07. The highest BCUT2D eigenvalue weighted by Crippen LogP contribution is 2.24. The monoisotopic (exact) mass is 349 g/mol. The highest BCUT2D eigenvalue weighted by molar-refractivity contribution is 5.94. The van der Waals surface area contributed by atoms with Crippen LogP contribution in [0.1, 0.15) is 21.9 Å². The van der Waals surface area contributed by atoms with Crippen LogP contribution in [0.3, 0.4) is 0 Å². The standard InChI is InChI=1S/C20H19N3O3/c1-13-22-17(11-19(24)23-13)12-21-20(25)15-8-6-14(7-9-15)16-4-3-5-18(10-16)26-2/h3-11H,12H2,1-2H3,(H,21,25)(H,22,23,24). The molecule has 0 aliphatic rings. The van der Waals surface area contributed by atoms with E-state index < -0.39 is 0 Å². The lowest BCUT2D eigenvalue weighted by atomic mass is 10.0. The van der Waals surface area contributed by atoms with E-state index in [0.29, 0.717) is 17.1 Å². The molecule has 1 heterocycles. The molecule has 3 aromatic rings. The van der Waals surface area contributed by atoms with Gasteiger partial charge in [-0.15, -0.1) is 0 Å². The number of aryl methyl sites for hydroxylation is 1. The number of nitrogens with one attached hydrogen (secondary N) is 2. The Morgan fingerprint density at radius 3 is 2.58 bits per heavy atom. The molecule has 0 atom stereocenters. The number of ether oxygens (including phenoxy) is 1. The molecule has 1 aromatic heterocycles. The quantitative estimate of drug-likeness (QED) is 0.742. The van der Waals surface area contributed by atoms with Gasteiger partial charge < -0.3 is 15.0 Å². The predicted octanol–water partition coefficient (Wildman–Crippen LogP) is 2.68. The molecule has 6 nitrogen and oxygen atoms in total. The van der Waals surface area contributed by atoms with Crippen molar-refractivity contribution in [3.63, 3.8) is 0 Å². The molecule has 6 heteroatoms. The van der Waals surface area contributed by atoms with Gasteiger partial charge in [-0.05, 0) is 42.3 Å². The van der Waals surface area contributed by atoms with Gasteiger partial charge in [0, 0.05) is 11.6 Å². The minimum atomic E-state index is -0.232. The second kappa shape index (κ2) is 7.65. The predicted molar refractivity (Wildman–Crippen MR) is 99.2 cm³/mol. The van der Waals surface area contributed by atoms with Crippen LogP contribution in [0.4, 0.5) is 0 Å². The maximum absolute atomic E-state index is 12.3. The van der Waals surface area contributed by atoms with Crippen molar-refractivity contribution in [1.82, 2.24) is 15.3 Å². The van der Waals surface area contributed by atoms with Crippen LogP contribution in [-0.2, 0) is 6.54 Å². The summed E-state index contributed by atoms with van der Waals surface area (Å²) >= 11 is 0. The Hall–Kier alpha value is -3.41. The van der Waals surface area contributed by atoms with Crippen LogP contribution in [0, 0.1) is 6.92 Å². The molecule has 132 valence electrons. The molecule has 1 amide bonds. The average Bonchev–Trinajstić information content (AvgIpc) is 2.65. The zero-order chi connectivity index (χ0) is 18.5. The van der Waals surface area contributed by atoms with Crippen LogP contribution in [0.25, 0.3) is 11.1 Å². The molecular weight excluding hydrogens is 330 g/mol. The highest BCUT2D eigenvalue weighted by Gasteiger charge is 2.07. The number of methoxy groups -OCH3 is 1. The number of rotatable bonds is 5. The molecular formula is C20H19N3O3. The summed E-state index contributed by atoms with van der Waals surface area (Å²) < 4.78 is 5.23. The topological polar surface area (TPSA) is 84.1 Å². The molecule has 0 spiro atoms. The van der Waals surface area contributed by atoms with Gasteiger partial charge in [-0.1, -0.05) is 24.3 Å². The van der Waals surface area contributed by atoms with E-state index in [4.69, 9.17) is 4.74 Å². The Balaban J connectivity index is 1.69. The first kappa shape index (κ1) is 17.4. The van der Waals surface area contributed by atoms with Crippen molar-refractivity contribution in [3.8, 4) is 16.9 Å². The number of carbonyl (C=O) groups is 1. The molecule has 0 radical (unpaired) electrons. The van der Waals surface area contributed by atoms with Crippen molar-refractivity contribution >= 4 is 5.91 Å². The van der Waals surface area contributed by atoms with Crippen molar-refractivity contribution in [2.75, 3.05) is 7.11 Å². The summed E-state index contributed by atoms with van der Waals surface area (Å²) in [5.41, 5.74) is 2.84. The number of hydrogen-bond donors (Lipinski definition) is 2. The van der Waals surface area contributed by atoms with Crippen LogP contribution in [0.5, 0.6) is 5.75 Å². The Morgan fingerprint density at radius 1 is 1.12 bits per heavy atom. The summed E-state index contributed by atoms with van der Waals surface area (Å²) in [6.07, 6.45) is 0. The van der Waals surface area contributed by atoms with Crippen molar-refractivity contribution in [1.29, 1.82) is 0 Å². The van der Waals surface area contributed by atoms with Gasteiger partial charge in [0.1, 0.15) is 11.6 Å². The van der Waals surface area contributed by atoms with Gasteiger partial charge in [0.2, 0.25) is 0 Å². The minimum Gasteiger partial charge on any atom is -0.497 e. The molecule has 2 N–H and O–H groups in total. The summed E-state index contributed by atoms with van der Waals surface area (Å²) in [7, 11) is 1.63. The molecule has 0 saturated heterocycles. The Kier molecular flexibility index (Phi) is 5.12. The van der Waals surface area contributed by atoms with Gasteiger partial charge in [0.25, 0.3) is 11.5 Å². The number of hydrogen-bond acceptors (Lipinski definition) is 4. The van der Waals surface area contributed by atoms with E-state index in [2.05, 4.69) is 15.3 Å². The van der Waals surface area contributed by atoms with E-state index in [1.807, 2.05) is 36.4 Å². The maximum Gasteiger partial charge on any atom is 0.251 e. The van der Waals surface area contributed by atoms with Gasteiger partial charge in [-0.25, -0.2) is 4.98 Å². The number of benzene rings is 2. The van der Waals surface area contributed by atoms with E-state index >= 15 is 0 Å². The number of aromatic nitrogens is 2. The van der Waals surface area contributed by atoms with Crippen LogP contribution in [-0.4, -0.2) is 23.0 Å². The number of aromatic amines is 1. The van der Waals surface area contributed by atoms with Crippen LogP contribution in [0.15, 0.2) is 59.4 Å². The Bertz CT molecular complexity index is 978. The number of nitrogens with zero attached hydrogens (tertiary/aromatic N) is 1. The molecule has 0 unspecified atom stereocenters. The molecule has 3 rings (SSSR count). The Morgan fingerprint density at radius 2 is 1.88 bits per heavy atom. The lowest BCUT2D eigenvalue weighted by molar-refractivity contribution is 0.0950. The summed E-state index contributed by atoms with van der Waals surface area (Å²) in [6, 6.07) is 16.4. The van der Waals surface area contributed by atoms with E-state index in [-0.39, 0.29) is 18.0 Å². The van der Waals surface area contributed by atoms with Crippen LogP contribution in [0.2, 0.25) is 0 Å². The van der Waals surface area contributed by atoms with Crippen LogP contribution < -0.4 is 15.6 Å². The summed E-state index contributed by atoms with van der Waals surface area (Å²) in [6.45, 7) is 1.89. The van der Waals surface area contributed by atoms with E-state index in [9.17, 15) is 9.59 Å². The van der Waals surface area contributed by atoms with Gasteiger partial charge in [-0.2, -0.15) is 0 Å². The fourth-order valence-electron chi connectivity index (χ4n) is 2.62. The van der Waals surface area contributed by atoms with E-state index in [1.54, 1.807) is 26.2 Å². The molecule has 0 aliphatic carbocycles. The van der Waals surface area contributed by atoms with Crippen molar-refractivity contribution in [3.05, 3.63) is 82.0 Å². The molecule has 2 aromatic carbocycles. The zero-order valence-electron chi connectivity index (χ0n) is 14.6. The number of carbonyl (C=O) groups excluding carboxylic acids is 1. The second-order valence-electron chi connectivity index (χ2n) is 5.81. The van der Waals surface area contributed by atoms with Crippen LogP contribution >= 0.6 is 0 Å². The third-order valence-corrected chi connectivity index (χ3v) is 3.89. The largest absolute Gasteiger partial charge is 0.497 e. The molecule has 26 heavy (non-hydrogen) atoms. The van der Waals surface area contributed by atoms with Crippen molar-refractivity contribution in [2.24, 2.45) is 0 Å². The number of amides is 1. The third-order valence-electron chi connectivity index (χ3n) is 3.89. The SMILES string of the molecule is COc1cccc(-c2ccc(C(=O)NCc3cc(=O)[nH]c(C)n3)cc2)c1. The van der Waals surface area contributed by atoms with E-state index in [0.717, 1.165) is 16.9 Å². The summed E-state index contributed by atoms with van der Waals surface area (Å²) in [4.78, 5) is 30.5. The smallest absolute Gasteiger partial charge is 0.251 e. The normalized spacial score (nSPS) is 10.4. The average molecular weight is 349 g/mol. The lowest BCUT2D eigenvalue weighted by Crippen LogP contribution is -2.24. The molecule has 0 aliphatic heterocycles. The minimum absolute atomic E-state index is 0.196. The third kappa shape index (κ3) is 4.16. The molecule has 0 fully saturated rings. The number of H-pyrrole nitrogens is 1. The van der Waals surface area contributed by atoms with Crippen molar-refractivity contribution < 1.29 is 9.53 Å². The fourth-order valence-corrected chi connectivity index (χ4v) is 2.62. The fraction of sp³-hybridized carbons (Fsp3) is 0.150.